The molecule has 94 valence electrons. The number of nitrogens with one attached hydrogen (secondary N) is 1. The molecule has 2 heterocycles. The predicted molar refractivity (Wildman–Crippen MR) is 60.4 cm³/mol. The van der Waals surface area contributed by atoms with Crippen LogP contribution in [-0.4, -0.2) is 58.0 Å². The third-order valence-corrected chi connectivity index (χ3v) is 2.60. The molecule has 1 aromatic rings. The van der Waals surface area contributed by atoms with Gasteiger partial charge in [0, 0.05) is 19.1 Å². The highest BCUT2D eigenvalue weighted by molar-refractivity contribution is 5.74. The van der Waals surface area contributed by atoms with E-state index < -0.39 is 0 Å². The van der Waals surface area contributed by atoms with Crippen molar-refractivity contribution in [1.29, 1.82) is 0 Å². The van der Waals surface area contributed by atoms with Gasteiger partial charge in [-0.3, -0.25) is 4.68 Å². The molecule has 1 aliphatic heterocycles. The second kappa shape index (κ2) is 5.62. The third kappa shape index (κ3) is 3.42. The molecule has 17 heavy (non-hydrogen) atoms. The zero-order valence-corrected chi connectivity index (χ0v) is 9.87. The van der Waals surface area contributed by atoms with Crippen molar-refractivity contribution in [3.8, 4) is 0 Å². The Morgan fingerprint density at radius 3 is 2.94 bits per heavy atom. The van der Waals surface area contributed by atoms with Crippen LogP contribution in [0.5, 0.6) is 0 Å². The van der Waals surface area contributed by atoms with E-state index in [2.05, 4.69) is 15.4 Å². The first-order chi connectivity index (χ1) is 8.25. The lowest BCUT2D eigenvalue weighted by molar-refractivity contribution is 0.0525. The van der Waals surface area contributed by atoms with Crippen LogP contribution in [0.2, 0.25) is 0 Å². The zero-order valence-electron chi connectivity index (χ0n) is 9.87. The van der Waals surface area contributed by atoms with Crippen molar-refractivity contribution in [3.05, 3.63) is 12.7 Å². The Hall–Kier alpha value is -1.63. The number of aromatic nitrogens is 3. The fourth-order valence-corrected chi connectivity index (χ4v) is 1.72. The van der Waals surface area contributed by atoms with E-state index in [4.69, 9.17) is 4.74 Å². The minimum atomic E-state index is -0.0408. The number of nitrogens with zero attached hydrogens (tertiary/aromatic N) is 4. The van der Waals surface area contributed by atoms with Gasteiger partial charge < -0.3 is 15.0 Å². The highest BCUT2D eigenvalue weighted by Gasteiger charge is 2.18. The Morgan fingerprint density at radius 1 is 1.53 bits per heavy atom. The second-order valence-electron chi connectivity index (χ2n) is 4.07. The van der Waals surface area contributed by atoms with Gasteiger partial charge in [0.15, 0.2) is 0 Å². The topological polar surface area (TPSA) is 72.3 Å². The third-order valence-electron chi connectivity index (χ3n) is 2.60. The van der Waals surface area contributed by atoms with Gasteiger partial charge in [-0.05, 0) is 6.92 Å². The van der Waals surface area contributed by atoms with E-state index in [9.17, 15) is 4.79 Å². The SMILES string of the molecule is CC(Cn1cncn1)NC(=O)N1CCOCC1. The minimum Gasteiger partial charge on any atom is -0.378 e. The summed E-state index contributed by atoms with van der Waals surface area (Å²) in [6.07, 6.45) is 3.12. The molecule has 0 aromatic carbocycles. The molecule has 0 saturated carbocycles. The van der Waals surface area contributed by atoms with E-state index >= 15 is 0 Å². The summed E-state index contributed by atoms with van der Waals surface area (Å²) < 4.78 is 6.89. The Kier molecular flexibility index (Phi) is 3.92. The molecule has 0 spiro atoms. The highest BCUT2D eigenvalue weighted by atomic mass is 16.5. The summed E-state index contributed by atoms with van der Waals surface area (Å²) in [4.78, 5) is 17.5. The van der Waals surface area contributed by atoms with E-state index in [1.807, 2.05) is 6.92 Å². The summed E-state index contributed by atoms with van der Waals surface area (Å²) in [7, 11) is 0. The molecule has 1 saturated heterocycles. The maximum Gasteiger partial charge on any atom is 0.317 e. The molecular formula is C10H17N5O2. The zero-order chi connectivity index (χ0) is 12.1. The van der Waals surface area contributed by atoms with Gasteiger partial charge in [-0.15, -0.1) is 0 Å². The van der Waals surface area contributed by atoms with Gasteiger partial charge in [0.2, 0.25) is 0 Å². The first-order valence-electron chi connectivity index (χ1n) is 5.71. The van der Waals surface area contributed by atoms with Gasteiger partial charge >= 0.3 is 6.03 Å². The normalized spacial score (nSPS) is 17.8. The van der Waals surface area contributed by atoms with Crippen LogP contribution in [0, 0.1) is 0 Å². The number of carbonyl (C=O) groups is 1. The first-order valence-corrected chi connectivity index (χ1v) is 5.71. The number of hydrogen-bond acceptors (Lipinski definition) is 4. The smallest absolute Gasteiger partial charge is 0.317 e. The van der Waals surface area contributed by atoms with E-state index in [0.717, 1.165) is 0 Å². The molecule has 2 rings (SSSR count). The molecule has 1 atom stereocenters. The Morgan fingerprint density at radius 2 is 2.29 bits per heavy atom. The number of rotatable bonds is 3. The maximum atomic E-state index is 11.9. The van der Waals surface area contributed by atoms with Crippen molar-refractivity contribution < 1.29 is 9.53 Å². The molecular weight excluding hydrogens is 222 g/mol. The molecule has 0 aliphatic carbocycles. The fraction of sp³-hybridized carbons (Fsp3) is 0.700. The molecule has 1 N–H and O–H groups in total. The number of carbonyl (C=O) groups excluding carboxylic acids is 1. The number of hydrogen-bond donors (Lipinski definition) is 1. The van der Waals surface area contributed by atoms with Crippen LogP contribution in [-0.2, 0) is 11.3 Å². The summed E-state index contributed by atoms with van der Waals surface area (Å²) in [6, 6.07) is -0.0204. The van der Waals surface area contributed by atoms with Crippen molar-refractivity contribution in [2.24, 2.45) is 0 Å². The molecule has 1 unspecified atom stereocenters. The maximum absolute atomic E-state index is 11.9. The van der Waals surface area contributed by atoms with Crippen LogP contribution < -0.4 is 5.32 Å². The standard InChI is InChI=1S/C10H17N5O2/c1-9(6-15-8-11-7-12-15)13-10(16)14-2-4-17-5-3-14/h7-9H,2-6H2,1H3,(H,13,16). The van der Waals surface area contributed by atoms with Crippen LogP contribution in [0.4, 0.5) is 4.79 Å². The van der Waals surface area contributed by atoms with E-state index in [1.165, 1.54) is 6.33 Å². The van der Waals surface area contributed by atoms with E-state index in [0.29, 0.717) is 32.8 Å². The van der Waals surface area contributed by atoms with Gasteiger partial charge in [0.25, 0.3) is 0 Å². The average molecular weight is 239 g/mol. The van der Waals surface area contributed by atoms with Crippen molar-refractivity contribution in [3.63, 3.8) is 0 Å². The molecule has 1 fully saturated rings. The highest BCUT2D eigenvalue weighted by Crippen LogP contribution is 1.98. The lowest BCUT2D eigenvalue weighted by Crippen LogP contribution is -2.49. The largest absolute Gasteiger partial charge is 0.378 e. The Labute approximate surface area is 99.8 Å². The van der Waals surface area contributed by atoms with Gasteiger partial charge in [-0.25, -0.2) is 9.78 Å². The summed E-state index contributed by atoms with van der Waals surface area (Å²) in [5, 5.41) is 6.93. The number of urea groups is 1. The monoisotopic (exact) mass is 239 g/mol. The molecule has 1 aromatic heterocycles. The predicted octanol–water partition coefficient (Wildman–Crippen LogP) is -0.292. The summed E-state index contributed by atoms with van der Waals surface area (Å²) in [6.45, 7) is 5.11. The van der Waals surface area contributed by atoms with Crippen LogP contribution in [0.15, 0.2) is 12.7 Å². The molecule has 0 radical (unpaired) electrons. The van der Waals surface area contributed by atoms with Crippen LogP contribution in [0.1, 0.15) is 6.92 Å². The Bertz CT molecular complexity index is 348. The molecule has 7 nitrogen and oxygen atoms in total. The van der Waals surface area contributed by atoms with E-state index in [-0.39, 0.29) is 12.1 Å². The lowest BCUT2D eigenvalue weighted by atomic mass is 10.3. The second-order valence-corrected chi connectivity index (χ2v) is 4.07. The van der Waals surface area contributed by atoms with Crippen molar-refractivity contribution in [1.82, 2.24) is 25.0 Å². The van der Waals surface area contributed by atoms with Gasteiger partial charge in [0.05, 0.1) is 19.8 Å². The average Bonchev–Trinajstić information content (AvgIpc) is 2.82. The van der Waals surface area contributed by atoms with Gasteiger partial charge in [-0.2, -0.15) is 5.10 Å². The summed E-state index contributed by atoms with van der Waals surface area (Å²) >= 11 is 0. The number of amides is 2. The Balaban J connectivity index is 1.77. The van der Waals surface area contributed by atoms with Gasteiger partial charge in [0.1, 0.15) is 12.7 Å². The summed E-state index contributed by atoms with van der Waals surface area (Å²) in [5.74, 6) is 0. The van der Waals surface area contributed by atoms with Crippen molar-refractivity contribution in [2.75, 3.05) is 26.3 Å². The number of morpholine rings is 1. The lowest BCUT2D eigenvalue weighted by Gasteiger charge is -2.28. The summed E-state index contributed by atoms with van der Waals surface area (Å²) in [5.41, 5.74) is 0. The first kappa shape index (κ1) is 11.8. The van der Waals surface area contributed by atoms with E-state index in [1.54, 1.807) is 15.9 Å². The van der Waals surface area contributed by atoms with Crippen molar-refractivity contribution >= 4 is 6.03 Å². The fourth-order valence-electron chi connectivity index (χ4n) is 1.72. The van der Waals surface area contributed by atoms with Crippen LogP contribution >= 0.6 is 0 Å². The minimum absolute atomic E-state index is 0.0204. The molecule has 0 bridgehead atoms. The number of ether oxygens (including phenoxy) is 1. The molecule has 1 aliphatic rings. The van der Waals surface area contributed by atoms with Crippen LogP contribution in [0.3, 0.4) is 0 Å². The van der Waals surface area contributed by atoms with Gasteiger partial charge in [-0.1, -0.05) is 0 Å². The van der Waals surface area contributed by atoms with Crippen LogP contribution in [0.25, 0.3) is 0 Å². The molecule has 7 heteroatoms. The van der Waals surface area contributed by atoms with Crippen molar-refractivity contribution in [2.45, 2.75) is 19.5 Å². The quantitative estimate of drug-likeness (QED) is 0.786. The molecule has 2 amide bonds.